The minimum absolute atomic E-state index is 0.134. The highest BCUT2D eigenvalue weighted by atomic mass is 32.2. The third-order valence-electron chi connectivity index (χ3n) is 3.84. The van der Waals surface area contributed by atoms with Gasteiger partial charge in [0.15, 0.2) is 0 Å². The molecule has 1 aromatic rings. The molecule has 21 heavy (non-hydrogen) atoms. The molecular weight excluding hydrogens is 290 g/mol. The van der Waals surface area contributed by atoms with Crippen molar-refractivity contribution >= 4 is 23.6 Å². The van der Waals surface area contributed by atoms with Gasteiger partial charge in [0.25, 0.3) is 5.91 Å². The van der Waals surface area contributed by atoms with Crippen LogP contribution in [0.1, 0.15) is 23.2 Å². The number of thioether (sulfide) groups is 1. The van der Waals surface area contributed by atoms with Gasteiger partial charge in [-0.1, -0.05) is 0 Å². The molecule has 0 aromatic heterocycles. The van der Waals surface area contributed by atoms with Gasteiger partial charge in [-0.25, -0.2) is 0 Å². The number of amides is 1. The van der Waals surface area contributed by atoms with E-state index in [1.54, 1.807) is 23.9 Å². The summed E-state index contributed by atoms with van der Waals surface area (Å²) >= 11 is 1.61. The zero-order valence-electron chi connectivity index (χ0n) is 11.9. The van der Waals surface area contributed by atoms with Crippen LogP contribution in [-0.2, 0) is 9.53 Å². The van der Waals surface area contributed by atoms with Gasteiger partial charge >= 0.3 is 5.97 Å². The fraction of sp³-hybridized carbons (Fsp3) is 0.467. The topological polar surface area (TPSA) is 75.6 Å². The van der Waals surface area contributed by atoms with Gasteiger partial charge in [0, 0.05) is 30.2 Å². The van der Waals surface area contributed by atoms with E-state index in [1.807, 2.05) is 18.4 Å². The number of carbonyl (C=O) groups is 2. The Morgan fingerprint density at radius 2 is 1.90 bits per heavy atom. The van der Waals surface area contributed by atoms with Crippen LogP contribution >= 0.6 is 11.8 Å². The molecule has 1 heterocycles. The molecule has 0 saturated carbocycles. The zero-order valence-corrected chi connectivity index (χ0v) is 12.7. The SMILES string of the molecule is CSc1ccc(C(=O)NCC2(C(=O)O)CCOCC2)cc1. The van der Waals surface area contributed by atoms with Gasteiger partial charge in [-0.15, -0.1) is 11.8 Å². The van der Waals surface area contributed by atoms with Crippen LogP contribution < -0.4 is 5.32 Å². The second kappa shape index (κ2) is 6.95. The molecule has 1 amide bonds. The number of aliphatic carboxylic acids is 1. The van der Waals surface area contributed by atoms with E-state index in [1.165, 1.54) is 0 Å². The quantitative estimate of drug-likeness (QED) is 0.814. The van der Waals surface area contributed by atoms with Gasteiger partial charge in [0.1, 0.15) is 0 Å². The molecule has 0 unspecified atom stereocenters. The van der Waals surface area contributed by atoms with E-state index in [-0.39, 0.29) is 12.5 Å². The Bertz CT molecular complexity index is 509. The van der Waals surface area contributed by atoms with Crippen LogP contribution in [0.2, 0.25) is 0 Å². The molecule has 0 radical (unpaired) electrons. The average molecular weight is 309 g/mol. The maximum atomic E-state index is 12.1. The van der Waals surface area contributed by atoms with Crippen molar-refractivity contribution < 1.29 is 19.4 Å². The Hall–Kier alpha value is -1.53. The van der Waals surface area contributed by atoms with Crippen molar-refractivity contribution in [3.05, 3.63) is 29.8 Å². The fourth-order valence-electron chi connectivity index (χ4n) is 2.32. The number of carboxylic acids is 1. The van der Waals surface area contributed by atoms with Crippen molar-refractivity contribution in [1.29, 1.82) is 0 Å². The molecule has 0 atom stereocenters. The van der Waals surface area contributed by atoms with E-state index in [2.05, 4.69) is 5.32 Å². The lowest BCUT2D eigenvalue weighted by Gasteiger charge is -2.33. The van der Waals surface area contributed by atoms with Gasteiger partial charge in [-0.2, -0.15) is 0 Å². The molecular formula is C15H19NO4S. The first-order valence-corrected chi connectivity index (χ1v) is 8.03. The Balaban J connectivity index is 1.99. The van der Waals surface area contributed by atoms with Gasteiger partial charge in [0.05, 0.1) is 5.41 Å². The number of ether oxygens (including phenoxy) is 1. The van der Waals surface area contributed by atoms with Crippen LogP contribution in [0.5, 0.6) is 0 Å². The standard InChI is InChI=1S/C15H19NO4S/c1-21-12-4-2-11(3-5-12)13(17)16-10-15(14(18)19)6-8-20-9-7-15/h2-5H,6-10H2,1H3,(H,16,17)(H,18,19). The van der Waals surface area contributed by atoms with Gasteiger partial charge in [-0.05, 0) is 43.4 Å². The van der Waals surface area contributed by atoms with E-state index < -0.39 is 11.4 Å². The molecule has 1 saturated heterocycles. The Morgan fingerprint density at radius 1 is 1.29 bits per heavy atom. The summed E-state index contributed by atoms with van der Waals surface area (Å²) in [7, 11) is 0. The van der Waals surface area contributed by atoms with Crippen LogP contribution in [0.4, 0.5) is 0 Å². The molecule has 0 spiro atoms. The second-order valence-corrected chi connectivity index (χ2v) is 5.99. The molecule has 2 N–H and O–H groups in total. The number of hydrogen-bond donors (Lipinski definition) is 2. The van der Waals surface area contributed by atoms with Gasteiger partial charge in [0.2, 0.25) is 0 Å². The van der Waals surface area contributed by atoms with Crippen LogP contribution in [-0.4, -0.2) is 43.0 Å². The van der Waals surface area contributed by atoms with E-state index in [9.17, 15) is 14.7 Å². The number of hydrogen-bond acceptors (Lipinski definition) is 4. The first-order valence-electron chi connectivity index (χ1n) is 6.81. The lowest BCUT2D eigenvalue weighted by Crippen LogP contribution is -2.46. The summed E-state index contributed by atoms with van der Waals surface area (Å²) in [6.45, 7) is 0.976. The van der Waals surface area contributed by atoms with Crippen molar-refractivity contribution in [2.24, 2.45) is 5.41 Å². The van der Waals surface area contributed by atoms with Crippen LogP contribution in [0, 0.1) is 5.41 Å². The lowest BCUT2D eigenvalue weighted by molar-refractivity contribution is -0.154. The monoisotopic (exact) mass is 309 g/mol. The maximum Gasteiger partial charge on any atom is 0.311 e. The number of rotatable bonds is 5. The van der Waals surface area contributed by atoms with Crippen LogP contribution in [0.25, 0.3) is 0 Å². The number of benzene rings is 1. The molecule has 1 fully saturated rings. The summed E-state index contributed by atoms with van der Waals surface area (Å²) in [6, 6.07) is 7.25. The molecule has 114 valence electrons. The predicted molar refractivity (Wildman–Crippen MR) is 80.7 cm³/mol. The molecule has 6 heteroatoms. The maximum absolute atomic E-state index is 12.1. The Kier molecular flexibility index (Phi) is 5.25. The molecule has 0 bridgehead atoms. The second-order valence-electron chi connectivity index (χ2n) is 5.11. The first-order chi connectivity index (χ1) is 10.1. The highest BCUT2D eigenvalue weighted by Crippen LogP contribution is 2.30. The van der Waals surface area contributed by atoms with E-state index in [4.69, 9.17) is 4.74 Å². The normalized spacial score (nSPS) is 17.2. The summed E-state index contributed by atoms with van der Waals surface area (Å²) in [6.07, 6.45) is 2.82. The first kappa shape index (κ1) is 15.9. The Morgan fingerprint density at radius 3 is 2.43 bits per heavy atom. The van der Waals surface area contributed by atoms with Crippen molar-refractivity contribution in [2.75, 3.05) is 26.0 Å². The zero-order chi connectivity index (χ0) is 15.3. The van der Waals surface area contributed by atoms with Crippen molar-refractivity contribution in [3.8, 4) is 0 Å². The fourth-order valence-corrected chi connectivity index (χ4v) is 2.73. The Labute approximate surface area is 128 Å². The third-order valence-corrected chi connectivity index (χ3v) is 4.59. The van der Waals surface area contributed by atoms with E-state index in [0.717, 1.165) is 4.90 Å². The summed E-state index contributed by atoms with van der Waals surface area (Å²) in [5.74, 6) is -1.11. The molecule has 1 aromatic carbocycles. The van der Waals surface area contributed by atoms with E-state index >= 15 is 0 Å². The average Bonchev–Trinajstić information content (AvgIpc) is 2.53. The number of carboxylic acid groups (broad SMARTS) is 1. The summed E-state index contributed by atoms with van der Waals surface area (Å²) in [5.41, 5.74) is -0.368. The van der Waals surface area contributed by atoms with Crippen LogP contribution in [0.15, 0.2) is 29.2 Å². The molecule has 2 rings (SSSR count). The number of nitrogens with one attached hydrogen (secondary N) is 1. The molecule has 1 aliphatic rings. The van der Waals surface area contributed by atoms with Crippen molar-refractivity contribution in [3.63, 3.8) is 0 Å². The third kappa shape index (κ3) is 3.77. The summed E-state index contributed by atoms with van der Waals surface area (Å²) < 4.78 is 5.21. The van der Waals surface area contributed by atoms with E-state index in [0.29, 0.717) is 31.6 Å². The smallest absolute Gasteiger partial charge is 0.311 e. The van der Waals surface area contributed by atoms with Crippen molar-refractivity contribution in [2.45, 2.75) is 17.7 Å². The minimum Gasteiger partial charge on any atom is -0.481 e. The lowest BCUT2D eigenvalue weighted by atomic mass is 9.80. The van der Waals surface area contributed by atoms with Crippen molar-refractivity contribution in [1.82, 2.24) is 5.32 Å². The molecule has 0 aliphatic carbocycles. The summed E-state index contributed by atoms with van der Waals surface area (Å²) in [5, 5.41) is 12.2. The summed E-state index contributed by atoms with van der Waals surface area (Å²) in [4.78, 5) is 24.7. The molecule has 1 aliphatic heterocycles. The predicted octanol–water partition coefficient (Wildman–Crippen LogP) is 2.02. The molecule has 5 nitrogen and oxygen atoms in total. The minimum atomic E-state index is -0.910. The largest absolute Gasteiger partial charge is 0.481 e. The highest BCUT2D eigenvalue weighted by Gasteiger charge is 2.40. The van der Waals surface area contributed by atoms with Gasteiger partial charge < -0.3 is 15.2 Å². The van der Waals surface area contributed by atoms with Gasteiger partial charge in [-0.3, -0.25) is 9.59 Å². The highest BCUT2D eigenvalue weighted by molar-refractivity contribution is 7.98. The van der Waals surface area contributed by atoms with Crippen LogP contribution in [0.3, 0.4) is 0 Å². The number of carbonyl (C=O) groups excluding carboxylic acids is 1.